The second kappa shape index (κ2) is 2.51. The summed E-state index contributed by atoms with van der Waals surface area (Å²) >= 11 is 1.28. The molecule has 0 aromatic carbocycles. The third kappa shape index (κ3) is 1.60. The predicted octanol–water partition coefficient (Wildman–Crippen LogP) is 2.33. The van der Waals surface area contributed by atoms with E-state index in [-0.39, 0.29) is 0 Å². The average molecular weight is 201 g/mol. The van der Waals surface area contributed by atoms with Crippen molar-refractivity contribution in [3.63, 3.8) is 0 Å². The highest BCUT2D eigenvalue weighted by Crippen LogP contribution is 2.46. The normalized spacial score (nSPS) is 20.3. The van der Waals surface area contributed by atoms with E-state index in [1.807, 2.05) is 0 Å². The van der Waals surface area contributed by atoms with Gasteiger partial charge in [0.15, 0.2) is 5.67 Å². The zero-order chi connectivity index (χ0) is 9.69. The third-order valence-corrected chi connectivity index (χ3v) is 3.35. The van der Waals surface area contributed by atoms with Crippen molar-refractivity contribution < 1.29 is 9.50 Å². The quantitative estimate of drug-likeness (QED) is 0.796. The molecule has 0 aliphatic heterocycles. The molecular weight excluding hydrogens is 189 g/mol. The molecule has 0 radical (unpaired) electrons. The van der Waals surface area contributed by atoms with Gasteiger partial charge in [0.1, 0.15) is 10.6 Å². The molecule has 0 amide bonds. The van der Waals surface area contributed by atoms with Crippen molar-refractivity contribution in [1.29, 1.82) is 0 Å². The summed E-state index contributed by atoms with van der Waals surface area (Å²) in [6.45, 7) is 2.96. The molecule has 1 saturated carbocycles. The average Bonchev–Trinajstić information content (AvgIpc) is 2.60. The number of hydrogen-bond donors (Lipinski definition) is 1. The van der Waals surface area contributed by atoms with Gasteiger partial charge in [0.05, 0.1) is 5.69 Å². The highest BCUT2D eigenvalue weighted by Gasteiger charge is 2.44. The maximum Gasteiger partial charge on any atom is 0.156 e. The van der Waals surface area contributed by atoms with Crippen molar-refractivity contribution >= 4 is 11.3 Å². The summed E-state index contributed by atoms with van der Waals surface area (Å²) in [4.78, 5) is 4.11. The molecule has 13 heavy (non-hydrogen) atoms. The van der Waals surface area contributed by atoms with E-state index in [0.29, 0.717) is 10.7 Å². The van der Waals surface area contributed by atoms with Crippen LogP contribution in [-0.4, -0.2) is 10.1 Å². The number of aromatic nitrogens is 1. The van der Waals surface area contributed by atoms with E-state index in [9.17, 15) is 9.50 Å². The molecule has 1 aromatic rings. The van der Waals surface area contributed by atoms with Gasteiger partial charge in [-0.3, -0.25) is 0 Å². The van der Waals surface area contributed by atoms with Crippen LogP contribution in [0.1, 0.15) is 37.4 Å². The maximum absolute atomic E-state index is 13.4. The smallest absolute Gasteiger partial charge is 0.156 e. The van der Waals surface area contributed by atoms with Gasteiger partial charge in [-0.15, -0.1) is 11.3 Å². The molecule has 0 spiro atoms. The minimum Gasteiger partial charge on any atom is -0.384 e. The van der Waals surface area contributed by atoms with Crippen molar-refractivity contribution in [2.75, 3.05) is 0 Å². The van der Waals surface area contributed by atoms with Crippen LogP contribution in [0.5, 0.6) is 0 Å². The van der Waals surface area contributed by atoms with Crippen LogP contribution >= 0.6 is 11.3 Å². The molecular formula is C9H12FNOS. The topological polar surface area (TPSA) is 33.1 Å². The Bertz CT molecular complexity index is 305. The molecule has 1 N–H and O–H groups in total. The first-order chi connectivity index (χ1) is 5.92. The van der Waals surface area contributed by atoms with Gasteiger partial charge in [0.2, 0.25) is 0 Å². The second-order valence-electron chi connectivity index (χ2n) is 4.04. The van der Waals surface area contributed by atoms with Gasteiger partial charge in [0.25, 0.3) is 0 Å². The first-order valence-electron chi connectivity index (χ1n) is 4.30. The second-order valence-corrected chi connectivity index (χ2v) is 4.90. The Hall–Kier alpha value is -0.480. The van der Waals surface area contributed by atoms with Crippen molar-refractivity contribution in [3.8, 4) is 0 Å². The highest BCUT2D eigenvalue weighted by atomic mass is 32.1. The van der Waals surface area contributed by atoms with Crippen molar-refractivity contribution in [3.05, 3.63) is 16.1 Å². The summed E-state index contributed by atoms with van der Waals surface area (Å²) in [5, 5.41) is 11.9. The monoisotopic (exact) mass is 201 g/mol. The van der Waals surface area contributed by atoms with Crippen LogP contribution in [0.2, 0.25) is 0 Å². The SMILES string of the molecule is CC(C)(F)c1nc(C2(O)CC2)cs1. The minimum atomic E-state index is -1.39. The molecule has 0 unspecified atom stereocenters. The molecule has 1 aliphatic carbocycles. The molecule has 2 rings (SSSR count). The van der Waals surface area contributed by atoms with E-state index in [1.54, 1.807) is 5.38 Å². The Morgan fingerprint density at radius 1 is 1.62 bits per heavy atom. The fourth-order valence-electron chi connectivity index (χ4n) is 1.14. The van der Waals surface area contributed by atoms with Crippen LogP contribution in [0, 0.1) is 0 Å². The number of alkyl halides is 1. The lowest BCUT2D eigenvalue weighted by Gasteiger charge is -2.09. The molecule has 1 heterocycles. The summed E-state index contributed by atoms with van der Waals surface area (Å²) < 4.78 is 13.4. The fraction of sp³-hybridized carbons (Fsp3) is 0.667. The molecule has 0 bridgehead atoms. The van der Waals surface area contributed by atoms with Crippen LogP contribution in [0.3, 0.4) is 0 Å². The molecule has 1 fully saturated rings. The van der Waals surface area contributed by atoms with Crippen LogP contribution in [0.15, 0.2) is 5.38 Å². The lowest BCUT2D eigenvalue weighted by molar-refractivity contribution is 0.145. The standard InChI is InChI=1S/C9H12FNOS/c1-8(2,10)7-11-6(5-13-7)9(12)3-4-9/h5,12H,3-4H2,1-2H3. The Kier molecular flexibility index (Phi) is 1.76. The van der Waals surface area contributed by atoms with Gasteiger partial charge in [-0.1, -0.05) is 0 Å². The van der Waals surface area contributed by atoms with Crippen molar-refractivity contribution in [2.45, 2.75) is 38.0 Å². The zero-order valence-electron chi connectivity index (χ0n) is 7.67. The number of rotatable bonds is 2. The van der Waals surface area contributed by atoms with Crippen LogP contribution < -0.4 is 0 Å². The van der Waals surface area contributed by atoms with Crippen LogP contribution in [0.4, 0.5) is 4.39 Å². The van der Waals surface area contributed by atoms with Gasteiger partial charge in [-0.05, 0) is 26.7 Å². The van der Waals surface area contributed by atoms with Crippen LogP contribution in [-0.2, 0) is 11.3 Å². The Morgan fingerprint density at radius 3 is 2.62 bits per heavy atom. The highest BCUT2D eigenvalue weighted by molar-refractivity contribution is 7.09. The van der Waals surface area contributed by atoms with Gasteiger partial charge < -0.3 is 5.11 Å². The summed E-state index contributed by atoms with van der Waals surface area (Å²) in [5.41, 5.74) is -1.49. The molecule has 2 nitrogen and oxygen atoms in total. The molecule has 0 saturated heterocycles. The van der Waals surface area contributed by atoms with E-state index >= 15 is 0 Å². The molecule has 72 valence electrons. The van der Waals surface area contributed by atoms with E-state index in [0.717, 1.165) is 12.8 Å². The fourth-order valence-corrected chi connectivity index (χ4v) is 2.06. The lowest BCUT2D eigenvalue weighted by Crippen LogP contribution is -2.10. The largest absolute Gasteiger partial charge is 0.384 e. The lowest BCUT2D eigenvalue weighted by atomic mass is 10.2. The van der Waals surface area contributed by atoms with Gasteiger partial charge in [-0.25, -0.2) is 9.37 Å². The maximum atomic E-state index is 13.4. The summed E-state index contributed by atoms with van der Waals surface area (Å²) in [7, 11) is 0. The predicted molar refractivity (Wildman–Crippen MR) is 49.4 cm³/mol. The number of nitrogens with zero attached hydrogens (tertiary/aromatic N) is 1. The zero-order valence-corrected chi connectivity index (χ0v) is 8.49. The van der Waals surface area contributed by atoms with Crippen LogP contribution in [0.25, 0.3) is 0 Å². The molecule has 4 heteroatoms. The van der Waals surface area contributed by atoms with Crippen molar-refractivity contribution in [2.24, 2.45) is 0 Å². The first-order valence-corrected chi connectivity index (χ1v) is 5.18. The van der Waals surface area contributed by atoms with Gasteiger partial charge in [-0.2, -0.15) is 0 Å². The number of hydrogen-bond acceptors (Lipinski definition) is 3. The number of aliphatic hydroxyl groups is 1. The molecule has 0 atom stereocenters. The van der Waals surface area contributed by atoms with Crippen molar-refractivity contribution in [1.82, 2.24) is 4.98 Å². The number of halogens is 1. The minimum absolute atomic E-state index is 0.447. The first kappa shape index (κ1) is 9.09. The van der Waals surface area contributed by atoms with E-state index in [4.69, 9.17) is 0 Å². The third-order valence-electron chi connectivity index (χ3n) is 2.21. The Morgan fingerprint density at radius 2 is 2.23 bits per heavy atom. The van der Waals surface area contributed by atoms with E-state index < -0.39 is 11.3 Å². The number of thiazole rings is 1. The summed E-state index contributed by atoms with van der Waals surface area (Å²) in [5.74, 6) is 0. The Labute approximate surface area is 80.4 Å². The Balaban J connectivity index is 2.29. The van der Waals surface area contributed by atoms with E-state index in [1.165, 1.54) is 25.2 Å². The summed E-state index contributed by atoms with van der Waals surface area (Å²) in [6.07, 6.45) is 1.51. The summed E-state index contributed by atoms with van der Waals surface area (Å²) in [6, 6.07) is 0. The van der Waals surface area contributed by atoms with Gasteiger partial charge in [0, 0.05) is 5.38 Å². The van der Waals surface area contributed by atoms with E-state index in [2.05, 4.69) is 4.98 Å². The van der Waals surface area contributed by atoms with Gasteiger partial charge >= 0.3 is 0 Å². The molecule has 1 aromatic heterocycles. The molecule has 1 aliphatic rings.